The first-order valence-electron chi connectivity index (χ1n) is 8.15. The highest BCUT2D eigenvalue weighted by Gasteiger charge is 2.27. The minimum absolute atomic E-state index is 0.145. The van der Waals surface area contributed by atoms with Crippen molar-refractivity contribution in [3.8, 4) is 5.82 Å². The van der Waals surface area contributed by atoms with Gasteiger partial charge in [-0.3, -0.25) is 19.0 Å². The number of aromatic nitrogens is 4. The molecule has 0 aliphatic carbocycles. The number of aryl methyl sites for hydroxylation is 1. The van der Waals surface area contributed by atoms with Crippen LogP contribution in [-0.4, -0.2) is 42.7 Å². The number of nitrogens with one attached hydrogen (secondary N) is 1. The molecular formula is C18H18N6O3. The van der Waals surface area contributed by atoms with E-state index in [9.17, 15) is 14.4 Å². The fourth-order valence-electron chi connectivity index (χ4n) is 2.67. The van der Waals surface area contributed by atoms with E-state index in [1.807, 2.05) is 7.05 Å². The summed E-state index contributed by atoms with van der Waals surface area (Å²) in [7, 11) is 1.83. The van der Waals surface area contributed by atoms with E-state index in [4.69, 9.17) is 5.73 Å². The maximum Gasteiger partial charge on any atom is 0.287 e. The number of carbonyl (C=O) groups is 3. The van der Waals surface area contributed by atoms with Crippen LogP contribution in [0.4, 0.5) is 0 Å². The summed E-state index contributed by atoms with van der Waals surface area (Å²) >= 11 is 0. The molecule has 1 unspecified atom stereocenters. The van der Waals surface area contributed by atoms with Crippen LogP contribution < -0.4 is 11.1 Å². The summed E-state index contributed by atoms with van der Waals surface area (Å²) in [5.41, 5.74) is 6.11. The molecule has 0 saturated heterocycles. The Hall–Kier alpha value is -3.75. The van der Waals surface area contributed by atoms with Crippen molar-refractivity contribution in [3.05, 3.63) is 66.6 Å². The van der Waals surface area contributed by atoms with E-state index < -0.39 is 23.6 Å². The van der Waals surface area contributed by atoms with Gasteiger partial charge in [0.2, 0.25) is 5.78 Å². The van der Waals surface area contributed by atoms with E-state index in [0.29, 0.717) is 5.82 Å². The van der Waals surface area contributed by atoms with Gasteiger partial charge in [-0.05, 0) is 23.8 Å². The Morgan fingerprint density at radius 3 is 2.70 bits per heavy atom. The second-order valence-corrected chi connectivity index (χ2v) is 5.98. The lowest BCUT2D eigenvalue weighted by Crippen LogP contribution is -2.47. The first-order chi connectivity index (χ1) is 13.0. The lowest BCUT2D eigenvalue weighted by molar-refractivity contribution is -0.137. The normalized spacial score (nSPS) is 11.7. The molecule has 2 amide bonds. The van der Waals surface area contributed by atoms with Crippen LogP contribution in [0.1, 0.15) is 16.1 Å². The van der Waals surface area contributed by atoms with Crippen molar-refractivity contribution in [1.82, 2.24) is 24.4 Å². The van der Waals surface area contributed by atoms with Gasteiger partial charge in [-0.2, -0.15) is 0 Å². The highest BCUT2D eigenvalue weighted by atomic mass is 16.2. The molecule has 0 aliphatic heterocycles. The average Bonchev–Trinajstić information content (AvgIpc) is 3.30. The highest BCUT2D eigenvalue weighted by molar-refractivity contribution is 6.38. The first kappa shape index (κ1) is 18.1. The molecule has 0 bridgehead atoms. The third-order valence-electron chi connectivity index (χ3n) is 3.96. The van der Waals surface area contributed by atoms with Crippen LogP contribution in [0.25, 0.3) is 5.82 Å². The molecule has 138 valence electrons. The molecule has 0 fully saturated rings. The van der Waals surface area contributed by atoms with Crippen LogP contribution in [0.3, 0.4) is 0 Å². The number of hydrogen-bond acceptors (Lipinski definition) is 5. The Labute approximate surface area is 154 Å². The van der Waals surface area contributed by atoms with E-state index in [2.05, 4.69) is 15.3 Å². The number of ketones is 1. The van der Waals surface area contributed by atoms with Gasteiger partial charge < -0.3 is 15.6 Å². The van der Waals surface area contributed by atoms with Gasteiger partial charge in [-0.25, -0.2) is 9.97 Å². The molecule has 0 saturated carbocycles. The molecule has 3 heterocycles. The van der Waals surface area contributed by atoms with Gasteiger partial charge in [0.15, 0.2) is 0 Å². The quantitative estimate of drug-likeness (QED) is 0.570. The zero-order chi connectivity index (χ0) is 19.4. The van der Waals surface area contributed by atoms with Crippen molar-refractivity contribution >= 4 is 17.6 Å². The van der Waals surface area contributed by atoms with Crippen molar-refractivity contribution < 1.29 is 14.4 Å². The fraction of sp³-hybridized carbons (Fsp3) is 0.167. The summed E-state index contributed by atoms with van der Waals surface area (Å²) < 4.78 is 3.29. The van der Waals surface area contributed by atoms with Crippen molar-refractivity contribution in [1.29, 1.82) is 0 Å². The summed E-state index contributed by atoms with van der Waals surface area (Å²) in [6.45, 7) is 0. The lowest BCUT2D eigenvalue weighted by Gasteiger charge is -2.16. The van der Waals surface area contributed by atoms with Crippen LogP contribution in [0.5, 0.6) is 0 Å². The summed E-state index contributed by atoms with van der Waals surface area (Å²) in [5, 5.41) is 2.58. The fourth-order valence-corrected chi connectivity index (χ4v) is 2.67. The summed E-state index contributed by atoms with van der Waals surface area (Å²) in [6.07, 6.45) is 8.14. The van der Waals surface area contributed by atoms with Crippen LogP contribution in [0.2, 0.25) is 0 Å². The molecule has 9 nitrogen and oxygen atoms in total. The van der Waals surface area contributed by atoms with E-state index in [1.54, 1.807) is 47.4 Å². The molecule has 9 heteroatoms. The molecule has 0 aliphatic rings. The van der Waals surface area contributed by atoms with Gasteiger partial charge in [0.05, 0.1) is 6.20 Å². The summed E-state index contributed by atoms with van der Waals surface area (Å²) in [6, 6.07) is 5.96. The Bertz CT molecular complexity index is 976. The molecule has 3 N–H and O–H groups in total. The SMILES string of the molecule is Cn1ccc(CC(NC(=O)c2cncn2-c2ccccn2)C(=O)C(N)=O)c1. The largest absolute Gasteiger partial charge is 0.363 e. The number of carbonyl (C=O) groups excluding carboxylic acids is 3. The molecule has 3 rings (SSSR count). The lowest BCUT2D eigenvalue weighted by atomic mass is 10.0. The Morgan fingerprint density at radius 2 is 2.07 bits per heavy atom. The van der Waals surface area contributed by atoms with Crippen molar-refractivity contribution in [2.45, 2.75) is 12.5 Å². The first-order valence-corrected chi connectivity index (χ1v) is 8.15. The topological polar surface area (TPSA) is 125 Å². The van der Waals surface area contributed by atoms with Gasteiger partial charge in [0, 0.05) is 32.1 Å². The number of amides is 2. The molecular weight excluding hydrogens is 348 g/mol. The number of rotatable bonds is 7. The minimum atomic E-state index is -1.10. The van der Waals surface area contributed by atoms with E-state index >= 15 is 0 Å². The summed E-state index contributed by atoms with van der Waals surface area (Å²) in [5.74, 6) is -2.03. The molecule has 0 spiro atoms. The van der Waals surface area contributed by atoms with Gasteiger partial charge in [0.25, 0.3) is 11.8 Å². The Morgan fingerprint density at radius 1 is 1.26 bits per heavy atom. The standard InChI is InChI=1S/C18H18N6O3/c1-23-7-5-12(10-23)8-13(16(25)17(19)26)22-18(27)14-9-20-11-24(14)15-4-2-3-6-21-15/h2-7,9-11,13H,8H2,1H3,(H2,19,26)(H,22,27). The highest BCUT2D eigenvalue weighted by Crippen LogP contribution is 2.10. The van der Waals surface area contributed by atoms with Crippen LogP contribution in [0, 0.1) is 0 Å². The summed E-state index contributed by atoms with van der Waals surface area (Å²) in [4.78, 5) is 44.4. The van der Waals surface area contributed by atoms with Crippen LogP contribution in [0.15, 0.2) is 55.4 Å². The maximum atomic E-state index is 12.7. The van der Waals surface area contributed by atoms with Gasteiger partial charge in [0.1, 0.15) is 23.9 Å². The second-order valence-electron chi connectivity index (χ2n) is 5.98. The average molecular weight is 366 g/mol. The van der Waals surface area contributed by atoms with Crippen LogP contribution in [-0.2, 0) is 23.1 Å². The third-order valence-corrected chi connectivity index (χ3v) is 3.96. The number of Topliss-reactive ketones (excluding diaryl/α,β-unsaturated/α-hetero) is 1. The Balaban J connectivity index is 1.84. The molecule has 3 aromatic heterocycles. The minimum Gasteiger partial charge on any atom is -0.363 e. The van der Waals surface area contributed by atoms with Gasteiger partial charge in [-0.1, -0.05) is 6.07 Å². The maximum absolute atomic E-state index is 12.7. The molecule has 3 aromatic rings. The molecule has 1 atom stereocenters. The molecule has 0 radical (unpaired) electrons. The van der Waals surface area contributed by atoms with E-state index in [0.717, 1.165) is 5.56 Å². The smallest absolute Gasteiger partial charge is 0.287 e. The number of primary amides is 1. The van der Waals surface area contributed by atoms with E-state index in [1.165, 1.54) is 17.1 Å². The third kappa shape index (κ3) is 4.09. The zero-order valence-electron chi connectivity index (χ0n) is 14.6. The van der Waals surface area contributed by atoms with Gasteiger partial charge >= 0.3 is 0 Å². The number of hydrogen-bond donors (Lipinski definition) is 2. The van der Waals surface area contributed by atoms with Crippen LogP contribution >= 0.6 is 0 Å². The van der Waals surface area contributed by atoms with Crippen molar-refractivity contribution in [3.63, 3.8) is 0 Å². The number of imidazole rings is 1. The van der Waals surface area contributed by atoms with Gasteiger partial charge in [-0.15, -0.1) is 0 Å². The van der Waals surface area contributed by atoms with Crippen molar-refractivity contribution in [2.75, 3.05) is 0 Å². The number of nitrogens with zero attached hydrogens (tertiary/aromatic N) is 4. The second kappa shape index (κ2) is 7.65. The predicted octanol–water partition coefficient (Wildman–Crippen LogP) is 0.00130. The van der Waals surface area contributed by atoms with E-state index in [-0.39, 0.29) is 12.1 Å². The Kier molecular flexibility index (Phi) is 5.11. The number of pyridine rings is 1. The zero-order valence-corrected chi connectivity index (χ0v) is 14.6. The molecule has 27 heavy (non-hydrogen) atoms. The van der Waals surface area contributed by atoms with Crippen molar-refractivity contribution in [2.24, 2.45) is 12.8 Å². The predicted molar refractivity (Wildman–Crippen MR) is 95.9 cm³/mol. The monoisotopic (exact) mass is 366 g/mol. The molecule has 0 aromatic carbocycles. The number of nitrogens with two attached hydrogens (primary N) is 1.